The number of amides is 2. The first kappa shape index (κ1) is 51.5. The van der Waals surface area contributed by atoms with E-state index in [4.69, 9.17) is 29.4 Å². The van der Waals surface area contributed by atoms with Crippen LogP contribution in [-0.4, -0.2) is 128 Å². The summed E-state index contributed by atoms with van der Waals surface area (Å²) >= 11 is 0. The number of aromatic amines is 1. The number of fused-ring (bicyclic) bond motifs is 3. The predicted molar refractivity (Wildman–Crippen MR) is 243 cm³/mol. The van der Waals surface area contributed by atoms with Gasteiger partial charge in [-0.25, -0.2) is 32.4 Å². The summed E-state index contributed by atoms with van der Waals surface area (Å²) in [5, 5.41) is 28.1. The van der Waals surface area contributed by atoms with Gasteiger partial charge in [0.05, 0.1) is 25.3 Å². The van der Waals surface area contributed by atoms with Crippen molar-refractivity contribution in [3.63, 3.8) is 0 Å². The standard InChI is InChI=1S/C39H44N9O19P3/c1-45(2)20-7-10-23-26(15-20)63-27-16-21(46(3)4)8-11-24(27)29(23)25-14-19(6-9-22(25)37(52)53)34(50)41-12-13-42-39(54)65-32-31(49)28(17-62-69(58,59)67-70(60,61)66-68(55,56)57)64-36(32)48-18-47(5)30-33(48)43-38(40)44-35(30)51/h6-11,14-16,18,28,31-32,36,49H,12-13,17H2,1-5H3,(H8-2,40,41,42,43,44,50,51,52,53,54,55,56,57,58,59,60,61)/p+2/t28-,31-,32-,36-/m1/s1. The maximum absolute atomic E-state index is 13.6. The number of nitrogens with two attached hydrogens (primary N) is 1. The molecule has 28 nitrogen and oxygen atoms in total. The lowest BCUT2D eigenvalue weighted by atomic mass is 9.89. The number of aromatic carboxylic acids is 1. The number of hydrogen-bond donors (Lipinski definition) is 10. The molecule has 0 spiro atoms. The minimum atomic E-state index is -5.92. The Kier molecular flexibility index (Phi) is 14.5. The molecule has 70 heavy (non-hydrogen) atoms. The number of rotatable bonds is 16. The van der Waals surface area contributed by atoms with Gasteiger partial charge in [-0.2, -0.15) is 8.62 Å². The van der Waals surface area contributed by atoms with Gasteiger partial charge in [-0.1, -0.05) is 4.98 Å². The number of aliphatic hydroxyl groups is 1. The van der Waals surface area contributed by atoms with E-state index < -0.39 is 78.1 Å². The molecule has 2 amide bonds. The highest BCUT2D eigenvalue weighted by molar-refractivity contribution is 7.66. The molecule has 6 atom stereocenters. The topological polar surface area (TPSA) is 394 Å². The molecule has 3 aliphatic rings. The molecule has 2 aromatic heterocycles. The molecule has 11 N–H and O–H groups in total. The van der Waals surface area contributed by atoms with Crippen molar-refractivity contribution in [1.82, 2.24) is 29.7 Å². The number of hydrogen-bond acceptors (Lipinski definition) is 17. The summed E-state index contributed by atoms with van der Waals surface area (Å²) in [7, 11) is -8.45. The molecule has 0 saturated carbocycles. The van der Waals surface area contributed by atoms with E-state index in [2.05, 4.69) is 33.7 Å². The van der Waals surface area contributed by atoms with Crippen molar-refractivity contribution in [1.29, 1.82) is 0 Å². The van der Waals surface area contributed by atoms with Crippen molar-refractivity contribution in [3.05, 3.63) is 87.8 Å². The predicted octanol–water partition coefficient (Wildman–Crippen LogP) is 0.572. The van der Waals surface area contributed by atoms with Crippen molar-refractivity contribution in [3.8, 4) is 22.5 Å². The Morgan fingerprint density at radius 3 is 2.36 bits per heavy atom. The van der Waals surface area contributed by atoms with E-state index >= 15 is 0 Å². The molecule has 4 heterocycles. The number of carbonyl (C=O) groups excluding carboxylic acids is 2. The average Bonchev–Trinajstić information content (AvgIpc) is 3.75. The second kappa shape index (κ2) is 19.8. The van der Waals surface area contributed by atoms with Crippen LogP contribution in [0.5, 0.6) is 0 Å². The number of nitrogens with one attached hydrogen (secondary N) is 3. The van der Waals surface area contributed by atoms with Crippen LogP contribution in [0.2, 0.25) is 0 Å². The molecule has 2 aromatic carbocycles. The first-order valence-electron chi connectivity index (χ1n) is 20.4. The number of nitrogens with zero attached hydrogens (tertiary/aromatic N) is 5. The van der Waals surface area contributed by atoms with Gasteiger partial charge < -0.3 is 64.9 Å². The van der Waals surface area contributed by atoms with Crippen LogP contribution in [0.15, 0.2) is 70.1 Å². The fourth-order valence-corrected chi connectivity index (χ4v) is 10.6. The van der Waals surface area contributed by atoms with Crippen molar-refractivity contribution in [2.24, 2.45) is 7.05 Å². The van der Waals surface area contributed by atoms with Crippen LogP contribution in [0.1, 0.15) is 26.9 Å². The monoisotopic (exact) mass is 1040 g/mol. The number of imidazole rings is 1. The zero-order valence-electron chi connectivity index (χ0n) is 37.3. The van der Waals surface area contributed by atoms with Gasteiger partial charge in [-0.05, 0) is 42.0 Å². The lowest BCUT2D eigenvalue weighted by Gasteiger charge is -2.20. The first-order valence-corrected chi connectivity index (χ1v) is 24.9. The number of anilines is 2. The van der Waals surface area contributed by atoms with E-state index in [1.807, 2.05) is 74.1 Å². The summed E-state index contributed by atoms with van der Waals surface area (Å²) in [6, 6.07) is 15.1. The molecule has 2 unspecified atom stereocenters. The Morgan fingerprint density at radius 2 is 1.69 bits per heavy atom. The van der Waals surface area contributed by atoms with Crippen molar-refractivity contribution >= 4 is 75.2 Å². The van der Waals surface area contributed by atoms with Crippen LogP contribution in [0.3, 0.4) is 0 Å². The zero-order chi connectivity index (χ0) is 51.2. The summed E-state index contributed by atoms with van der Waals surface area (Å²) in [4.78, 5) is 97.9. The summed E-state index contributed by atoms with van der Waals surface area (Å²) in [5.74, 6) is -1.79. The highest BCUT2D eigenvalue weighted by atomic mass is 31.3. The number of aliphatic hydroxyl groups excluding tert-OH is 1. The van der Waals surface area contributed by atoms with Crippen LogP contribution in [0, 0.1) is 0 Å². The SMILES string of the molecule is CN(C)c1ccc2c(-c3cc(C(=O)NCCNC(=O)O[C@@H]4[C@H](O)[C@@H](COP(=O)(O)OP(=O)(O)OP(=O)(O)O)O[C@H]4[n+]4cn(C)c5c(=O)[nH]c(N)nc54)ccc3C(=O)O)c3ccc(=[N+](C)C)cc-3oc2c1. The number of nitrogen functional groups attached to an aromatic ring is 1. The van der Waals surface area contributed by atoms with E-state index in [9.17, 15) is 52.9 Å². The molecule has 4 aromatic rings. The Bertz CT molecular complexity index is 3310. The smallest absolute Gasteiger partial charge is 0.478 e. The Hall–Kier alpha value is -6.38. The number of ether oxygens (including phenoxy) is 2. The number of aromatic nitrogens is 4. The van der Waals surface area contributed by atoms with Crippen LogP contribution in [0.4, 0.5) is 16.4 Å². The molecule has 0 radical (unpaired) electrons. The number of benzene rings is 3. The molecule has 1 saturated heterocycles. The normalized spacial score (nSPS) is 18.9. The highest BCUT2D eigenvalue weighted by Gasteiger charge is 2.52. The minimum absolute atomic E-state index is 0.0640. The average molecular weight is 1040 g/mol. The van der Waals surface area contributed by atoms with Gasteiger partial charge in [-0.3, -0.25) is 23.7 Å². The van der Waals surface area contributed by atoms with E-state index in [0.717, 1.165) is 15.6 Å². The quantitative estimate of drug-likeness (QED) is 0.0274. The molecule has 7 rings (SSSR count). The summed E-state index contributed by atoms with van der Waals surface area (Å²) in [6.45, 7) is -1.67. The number of carboxylic acids is 1. The molecule has 0 bridgehead atoms. The second-order valence-electron chi connectivity index (χ2n) is 15.9. The first-order chi connectivity index (χ1) is 32.7. The van der Waals surface area contributed by atoms with Gasteiger partial charge in [0.15, 0.2) is 12.4 Å². The third kappa shape index (κ3) is 11.3. The molecule has 2 aliphatic heterocycles. The maximum Gasteiger partial charge on any atom is 0.490 e. The minimum Gasteiger partial charge on any atom is -0.478 e. The fourth-order valence-electron chi connectivity index (χ4n) is 7.53. The van der Waals surface area contributed by atoms with E-state index in [-0.39, 0.29) is 46.9 Å². The van der Waals surface area contributed by atoms with E-state index in [0.29, 0.717) is 27.9 Å². The van der Waals surface area contributed by atoms with Gasteiger partial charge in [0.25, 0.3) is 17.4 Å². The number of alkyl carbamates (subject to hydrolysis) is 1. The number of carboxylic acid groups (broad SMARTS) is 1. The highest BCUT2D eigenvalue weighted by Crippen LogP contribution is 2.66. The van der Waals surface area contributed by atoms with E-state index in [1.54, 1.807) is 0 Å². The Morgan fingerprint density at radius 1 is 0.971 bits per heavy atom. The fraction of sp³-hybridized carbons (Fsp3) is 0.308. The third-order valence-electron chi connectivity index (χ3n) is 10.6. The molecule has 1 aliphatic carbocycles. The van der Waals surface area contributed by atoms with Crippen LogP contribution in [0.25, 0.3) is 44.6 Å². The molecular formula is C39H46N9O19P3+2. The lowest BCUT2D eigenvalue weighted by molar-refractivity contribution is -0.745. The Labute approximate surface area is 393 Å². The summed E-state index contributed by atoms with van der Waals surface area (Å²) in [5.41, 5.74) is 7.42. The van der Waals surface area contributed by atoms with Gasteiger partial charge >= 0.3 is 41.2 Å². The summed E-state index contributed by atoms with van der Waals surface area (Å²) in [6.07, 6.45) is -7.00. The van der Waals surface area contributed by atoms with Crippen molar-refractivity contribution in [2.45, 2.75) is 24.5 Å². The van der Waals surface area contributed by atoms with Crippen LogP contribution in [-0.2, 0) is 43.4 Å². The lowest BCUT2D eigenvalue weighted by Crippen LogP contribution is -2.49. The van der Waals surface area contributed by atoms with Gasteiger partial charge in [-0.15, -0.1) is 0 Å². The van der Waals surface area contributed by atoms with Gasteiger partial charge in [0.2, 0.25) is 17.1 Å². The van der Waals surface area contributed by atoms with Gasteiger partial charge in [0, 0.05) is 67.1 Å². The van der Waals surface area contributed by atoms with Crippen molar-refractivity contribution < 1.29 is 89.5 Å². The molecule has 1 fully saturated rings. The molecular weight excluding hydrogens is 991 g/mol. The number of H-pyrrole nitrogens is 1. The Balaban J connectivity index is 1.09. The number of aryl methyl sites for hydroxylation is 1. The number of carbonyl (C=O) groups is 3. The molecule has 31 heteroatoms. The van der Waals surface area contributed by atoms with Crippen molar-refractivity contribution in [2.75, 3.05) is 58.5 Å². The second-order valence-corrected chi connectivity index (χ2v) is 20.4. The van der Waals surface area contributed by atoms with Crippen LogP contribution < -0.4 is 41.3 Å². The number of phosphoric ester groups is 1. The summed E-state index contributed by atoms with van der Waals surface area (Å²) < 4.78 is 69.5. The van der Waals surface area contributed by atoms with Gasteiger partial charge in [0.1, 0.15) is 37.6 Å². The zero-order valence-corrected chi connectivity index (χ0v) is 40.0. The maximum atomic E-state index is 13.6. The van der Waals surface area contributed by atoms with E-state index in [1.165, 1.54) is 36.1 Å². The third-order valence-corrected chi connectivity index (χ3v) is 14.4. The largest absolute Gasteiger partial charge is 0.490 e. The number of phosphoric acid groups is 3. The molecule has 374 valence electrons. The van der Waals surface area contributed by atoms with Crippen LogP contribution >= 0.6 is 23.5 Å².